The highest BCUT2D eigenvalue weighted by molar-refractivity contribution is 6.13. The summed E-state index contributed by atoms with van der Waals surface area (Å²) in [5.74, 6) is -9.16. The van der Waals surface area contributed by atoms with Crippen molar-refractivity contribution in [3.8, 4) is 17.2 Å². The van der Waals surface area contributed by atoms with Gasteiger partial charge in [0.1, 0.15) is 29.9 Å². The number of aliphatic carboxylic acids is 1. The lowest BCUT2D eigenvalue weighted by Gasteiger charge is -2.50. The molecule has 5 aromatic rings. The minimum atomic E-state index is -3.20. The second kappa shape index (κ2) is 19.1. The summed E-state index contributed by atoms with van der Waals surface area (Å²) in [5, 5.41) is 114. The first kappa shape index (κ1) is 50.3. The van der Waals surface area contributed by atoms with Gasteiger partial charge in [-0.3, -0.25) is 9.69 Å². The number of hydrogen-bond acceptors (Lipinski definition) is 16. The standard InChI is InChI=1S/C55H60N6O14/c56-42-13-11-31-10-9-28-4-1-2-5-36(28)54(31,42)45-29(15-17-62)22-53(52(71)72)46(45)34-20-39(66)40(74-55(73)51(70)50(69)49(68)41(25-64)75-55)21-37(34)61(53)44(67)14-8-27-7-12-38(65)32(18-27)33-19-30(24-63)35(48-47(33)59-26-60-48)23-58-43-6-3-16-57-43/h1-10,12,14,16,18,20-22,26,30-31,33,35,41-42,45-46,49-51,57-58,62-66,68-70,73H,11,13,15,17,19,23-25,56H2,(H,59,60)(H,71,72). The van der Waals surface area contributed by atoms with Gasteiger partial charge in [-0.2, -0.15) is 0 Å². The van der Waals surface area contributed by atoms with Gasteiger partial charge in [-0.25, -0.2) is 9.78 Å². The number of carboxylic acids is 1. The summed E-state index contributed by atoms with van der Waals surface area (Å²) >= 11 is 0. The Kier molecular flexibility index (Phi) is 12.8. The number of amides is 1. The van der Waals surface area contributed by atoms with Crippen molar-refractivity contribution < 1.29 is 70.1 Å². The van der Waals surface area contributed by atoms with Crippen LogP contribution < -0.4 is 20.7 Å². The van der Waals surface area contributed by atoms with Crippen molar-refractivity contribution in [2.24, 2.45) is 23.5 Å². The maximum atomic E-state index is 15.4. The summed E-state index contributed by atoms with van der Waals surface area (Å²) in [4.78, 5) is 42.1. The number of phenolic OH excluding ortho intramolecular Hbond substituents is 2. The Morgan fingerprint density at radius 1 is 0.947 bits per heavy atom. The number of allylic oxidation sites excluding steroid dienone is 1. The molecule has 0 radical (unpaired) electrons. The number of nitrogens with one attached hydrogen (secondary N) is 3. The summed E-state index contributed by atoms with van der Waals surface area (Å²) in [6, 6.07) is 18.1. The van der Waals surface area contributed by atoms with Gasteiger partial charge < -0.3 is 81.6 Å². The molecule has 14 atom stereocenters. The lowest BCUT2D eigenvalue weighted by atomic mass is 9.53. The summed E-state index contributed by atoms with van der Waals surface area (Å²) in [6.07, 6.45) is 5.32. The predicted molar refractivity (Wildman–Crippen MR) is 270 cm³/mol. The lowest BCUT2D eigenvalue weighted by Crippen LogP contribution is -2.67. The molecule has 20 nitrogen and oxygen atoms in total. The summed E-state index contributed by atoms with van der Waals surface area (Å²) < 4.78 is 11.1. The van der Waals surface area contributed by atoms with Gasteiger partial charge >= 0.3 is 11.9 Å². The van der Waals surface area contributed by atoms with Crippen LogP contribution >= 0.6 is 0 Å². The van der Waals surface area contributed by atoms with Crippen LogP contribution in [0.1, 0.15) is 82.6 Å². The zero-order valence-electron chi connectivity index (χ0n) is 40.5. The number of fused-ring (bicyclic) bond motifs is 7. The predicted octanol–water partition coefficient (Wildman–Crippen LogP) is 2.60. The molecule has 14 unspecified atom stereocenters. The van der Waals surface area contributed by atoms with E-state index in [2.05, 4.69) is 26.3 Å². The molecule has 2 fully saturated rings. The Morgan fingerprint density at radius 3 is 2.51 bits per heavy atom. The zero-order chi connectivity index (χ0) is 52.7. The molecule has 0 spiro atoms. The van der Waals surface area contributed by atoms with E-state index >= 15 is 4.79 Å². The van der Waals surface area contributed by atoms with E-state index in [0.717, 1.165) is 39.3 Å². The third kappa shape index (κ3) is 7.72. The third-order valence-corrected chi connectivity index (χ3v) is 17.0. The Balaban J connectivity index is 1.02. The van der Waals surface area contributed by atoms with Crippen LogP contribution in [0.5, 0.6) is 17.2 Å². The molecule has 3 aromatic carbocycles. The third-order valence-electron chi connectivity index (χ3n) is 17.0. The number of nitrogens with zero attached hydrogens (tertiary/aromatic N) is 2. The fourth-order valence-corrected chi connectivity index (χ4v) is 13.7. The number of carbonyl (C=O) groups is 2. The van der Waals surface area contributed by atoms with Crippen LogP contribution in [0.25, 0.3) is 12.2 Å². The van der Waals surface area contributed by atoms with Gasteiger partial charge in [0.05, 0.1) is 24.3 Å². The van der Waals surface area contributed by atoms with Gasteiger partial charge in [-0.15, -0.1) is 0 Å². The van der Waals surface area contributed by atoms with E-state index in [9.17, 15) is 55.9 Å². The van der Waals surface area contributed by atoms with Gasteiger partial charge in [-0.1, -0.05) is 48.1 Å². The smallest absolute Gasteiger partial charge is 0.355 e. The normalized spacial score (nSPS) is 33.4. The van der Waals surface area contributed by atoms with Crippen LogP contribution in [-0.4, -0.2) is 146 Å². The van der Waals surface area contributed by atoms with E-state index in [-0.39, 0.29) is 54.4 Å². The second-order valence-corrected chi connectivity index (χ2v) is 20.7. The monoisotopic (exact) mass is 1030 g/mol. The van der Waals surface area contributed by atoms with Crippen LogP contribution in [0, 0.1) is 17.8 Å². The molecule has 1 saturated heterocycles. The van der Waals surface area contributed by atoms with Crippen molar-refractivity contribution in [1.29, 1.82) is 0 Å². The fourth-order valence-electron chi connectivity index (χ4n) is 13.7. The first-order valence-corrected chi connectivity index (χ1v) is 25.2. The largest absolute Gasteiger partial charge is 0.508 e. The number of aliphatic hydroxyl groups is 7. The molecule has 4 aliphatic carbocycles. The summed E-state index contributed by atoms with van der Waals surface area (Å²) in [6.45, 7) is -0.984. The molecule has 2 aromatic heterocycles. The second-order valence-electron chi connectivity index (χ2n) is 20.7. The first-order chi connectivity index (χ1) is 36.1. The molecular weight excluding hydrogens is 969 g/mol. The molecule has 1 amide bonds. The van der Waals surface area contributed by atoms with Crippen LogP contribution in [0.3, 0.4) is 0 Å². The van der Waals surface area contributed by atoms with Crippen LogP contribution in [0.4, 0.5) is 11.5 Å². The number of H-pyrrole nitrogens is 2. The molecule has 4 heterocycles. The van der Waals surface area contributed by atoms with Gasteiger partial charge in [0, 0.05) is 84.5 Å². The minimum absolute atomic E-state index is 0.0166. The number of aliphatic hydroxyl groups excluding tert-OH is 6. The van der Waals surface area contributed by atoms with Crippen molar-refractivity contribution in [1.82, 2.24) is 15.0 Å². The summed E-state index contributed by atoms with van der Waals surface area (Å²) in [7, 11) is 0. The summed E-state index contributed by atoms with van der Waals surface area (Å²) in [5.41, 5.74) is 8.84. The van der Waals surface area contributed by atoms with Crippen molar-refractivity contribution in [2.75, 3.05) is 36.6 Å². The Morgan fingerprint density at radius 2 is 1.76 bits per heavy atom. The molecule has 0 bridgehead atoms. The molecule has 394 valence electrons. The van der Waals surface area contributed by atoms with E-state index in [0.29, 0.717) is 42.5 Å². The number of carboxylic acid groups (broad SMARTS) is 1. The van der Waals surface area contributed by atoms with E-state index in [1.807, 2.05) is 42.5 Å². The Labute approximate surface area is 429 Å². The molecule has 15 N–H and O–H groups in total. The SMILES string of the molecule is NC1CCC2C=Cc3ccccc3C12C1C(CCO)=CC2(C(=O)O)C1c1cc(O)c(OC3(O)OC(CO)C(O)C(O)C3O)cc1N2C(=O)C=Cc1ccc(O)c(C2CC(CO)C(CNc3ccc[nH]3)c3nc[nH]c32)c1. The van der Waals surface area contributed by atoms with E-state index in [1.54, 1.807) is 24.7 Å². The highest BCUT2D eigenvalue weighted by Gasteiger charge is 2.71. The van der Waals surface area contributed by atoms with Crippen molar-refractivity contribution in [3.63, 3.8) is 0 Å². The molecule has 75 heavy (non-hydrogen) atoms. The Hall–Kier alpha value is -6.85. The van der Waals surface area contributed by atoms with Gasteiger partial charge in [-0.05, 0) is 102 Å². The average molecular weight is 1030 g/mol. The highest BCUT2D eigenvalue weighted by Crippen LogP contribution is 2.69. The average Bonchev–Trinajstić information content (AvgIpc) is 4.36. The minimum Gasteiger partial charge on any atom is -0.508 e. The molecule has 2 aliphatic heterocycles. The fraction of sp³-hybridized carbons (Fsp3) is 0.400. The van der Waals surface area contributed by atoms with Crippen LogP contribution in [0.2, 0.25) is 0 Å². The number of aromatic hydroxyl groups is 2. The number of phenols is 2. The first-order valence-electron chi connectivity index (χ1n) is 25.2. The number of benzene rings is 3. The van der Waals surface area contributed by atoms with Crippen LogP contribution in [-0.2, 0) is 19.7 Å². The van der Waals surface area contributed by atoms with Crippen molar-refractivity contribution >= 4 is 35.5 Å². The zero-order valence-corrected chi connectivity index (χ0v) is 40.5. The number of anilines is 2. The van der Waals surface area contributed by atoms with E-state index in [1.165, 1.54) is 30.4 Å². The topological polar surface area (TPSA) is 341 Å². The van der Waals surface area contributed by atoms with Gasteiger partial charge in [0.15, 0.2) is 23.1 Å². The van der Waals surface area contributed by atoms with Crippen molar-refractivity contribution in [2.45, 2.75) is 90.8 Å². The number of nitrogens with two attached hydrogens (primary N) is 1. The quantitative estimate of drug-likeness (QED) is 0.0432. The van der Waals surface area contributed by atoms with E-state index in [4.69, 9.17) is 15.2 Å². The number of rotatable bonds is 14. The van der Waals surface area contributed by atoms with Crippen LogP contribution in [0.15, 0.2) is 103 Å². The number of imidazole rings is 1. The van der Waals surface area contributed by atoms with Gasteiger partial charge in [0.2, 0.25) is 0 Å². The molecule has 6 aliphatic rings. The van der Waals surface area contributed by atoms with Gasteiger partial charge in [0.25, 0.3) is 5.91 Å². The maximum absolute atomic E-state index is 15.4. The Bertz CT molecular complexity index is 3100. The lowest BCUT2D eigenvalue weighted by molar-refractivity contribution is -0.422. The van der Waals surface area contributed by atoms with Crippen molar-refractivity contribution in [3.05, 3.63) is 142 Å². The molecule has 11 rings (SSSR count). The molecular formula is C55H60N6O14. The number of carbonyl (C=O) groups excluding carboxylic acids is 1. The number of ether oxygens (including phenoxy) is 2. The maximum Gasteiger partial charge on any atom is 0.355 e. The number of aromatic amines is 2. The number of aromatic nitrogens is 3. The number of hydrogen-bond donors (Lipinski definition) is 14. The highest BCUT2D eigenvalue weighted by atomic mass is 16.8. The molecule has 1 saturated carbocycles. The van der Waals surface area contributed by atoms with E-state index < -0.39 is 95.1 Å². The molecule has 20 heteroatoms.